The smallest absolute Gasteiger partial charge is 0.234 e. The highest BCUT2D eigenvalue weighted by molar-refractivity contribution is 7.99. The molecule has 3 aromatic carbocycles. The number of carbonyl (C=O) groups excluding carboxylic acids is 1. The van der Waals surface area contributed by atoms with Crippen LogP contribution in [0.5, 0.6) is 0 Å². The Labute approximate surface area is 189 Å². The van der Waals surface area contributed by atoms with E-state index in [4.69, 9.17) is 4.42 Å². The molecule has 0 radical (unpaired) electrons. The molecule has 0 saturated carbocycles. The van der Waals surface area contributed by atoms with Crippen LogP contribution >= 0.6 is 11.8 Å². The van der Waals surface area contributed by atoms with Crippen molar-refractivity contribution in [1.29, 1.82) is 0 Å². The predicted octanol–water partition coefficient (Wildman–Crippen LogP) is 5.47. The van der Waals surface area contributed by atoms with Crippen molar-refractivity contribution >= 4 is 34.1 Å². The largest absolute Gasteiger partial charge is 0.467 e. The van der Waals surface area contributed by atoms with Crippen molar-refractivity contribution < 1.29 is 9.21 Å². The molecule has 158 valence electrons. The van der Waals surface area contributed by atoms with Crippen LogP contribution in [0.15, 0.2) is 101 Å². The van der Waals surface area contributed by atoms with Crippen LogP contribution in [0.1, 0.15) is 5.76 Å². The fourth-order valence-corrected chi connectivity index (χ4v) is 4.29. The number of hydrogen-bond acceptors (Lipinski definition) is 5. The van der Waals surface area contributed by atoms with Gasteiger partial charge in [0.05, 0.1) is 18.6 Å². The Bertz CT molecular complexity index is 1340. The number of rotatable bonds is 7. The molecule has 0 aliphatic heterocycles. The van der Waals surface area contributed by atoms with Gasteiger partial charge in [-0.15, -0.1) is 10.2 Å². The van der Waals surface area contributed by atoms with E-state index in [-0.39, 0.29) is 11.7 Å². The Balaban J connectivity index is 1.35. The van der Waals surface area contributed by atoms with E-state index in [2.05, 4.69) is 15.5 Å². The van der Waals surface area contributed by atoms with Crippen LogP contribution in [0.3, 0.4) is 0 Å². The van der Waals surface area contributed by atoms with E-state index in [1.165, 1.54) is 11.8 Å². The van der Waals surface area contributed by atoms with Gasteiger partial charge in [0.15, 0.2) is 11.0 Å². The number of anilines is 1. The Morgan fingerprint density at radius 2 is 1.72 bits per heavy atom. The lowest BCUT2D eigenvalue weighted by Crippen LogP contribution is -2.15. The number of nitrogens with one attached hydrogen (secondary N) is 1. The first-order valence-electron chi connectivity index (χ1n) is 10.2. The van der Waals surface area contributed by atoms with Gasteiger partial charge >= 0.3 is 0 Å². The average Bonchev–Trinajstić information content (AvgIpc) is 3.49. The highest BCUT2D eigenvalue weighted by Crippen LogP contribution is 2.26. The summed E-state index contributed by atoms with van der Waals surface area (Å²) in [5.74, 6) is 1.65. The molecule has 0 spiro atoms. The Kier molecular flexibility index (Phi) is 5.72. The zero-order valence-corrected chi connectivity index (χ0v) is 18.0. The van der Waals surface area contributed by atoms with Crippen LogP contribution < -0.4 is 5.32 Å². The minimum absolute atomic E-state index is 0.0971. The van der Waals surface area contributed by atoms with Gasteiger partial charge in [-0.2, -0.15) is 0 Å². The van der Waals surface area contributed by atoms with E-state index in [1.54, 1.807) is 6.26 Å². The van der Waals surface area contributed by atoms with Crippen LogP contribution in [-0.4, -0.2) is 26.4 Å². The Morgan fingerprint density at radius 1 is 0.906 bits per heavy atom. The van der Waals surface area contributed by atoms with Crippen molar-refractivity contribution in [2.75, 3.05) is 11.1 Å². The minimum atomic E-state index is -0.0971. The van der Waals surface area contributed by atoms with E-state index in [0.29, 0.717) is 11.7 Å². The van der Waals surface area contributed by atoms with Crippen LogP contribution in [0.25, 0.3) is 22.2 Å². The molecule has 0 saturated heterocycles. The highest BCUT2D eigenvalue weighted by atomic mass is 32.2. The van der Waals surface area contributed by atoms with Crippen molar-refractivity contribution in [2.45, 2.75) is 11.7 Å². The third-order valence-corrected chi connectivity index (χ3v) is 6.01. The molecule has 5 aromatic rings. The molecule has 1 N–H and O–H groups in total. The summed E-state index contributed by atoms with van der Waals surface area (Å²) in [7, 11) is 0. The lowest BCUT2D eigenvalue weighted by Gasteiger charge is -2.10. The molecule has 6 nitrogen and oxygen atoms in total. The topological polar surface area (TPSA) is 73.0 Å². The van der Waals surface area contributed by atoms with Crippen molar-refractivity contribution in [3.05, 3.63) is 97.0 Å². The van der Waals surface area contributed by atoms with Crippen LogP contribution in [0, 0.1) is 0 Å². The van der Waals surface area contributed by atoms with E-state index in [0.717, 1.165) is 33.6 Å². The molecular weight excluding hydrogens is 420 g/mol. The molecule has 32 heavy (non-hydrogen) atoms. The van der Waals surface area contributed by atoms with Gasteiger partial charge in [0, 0.05) is 16.6 Å². The van der Waals surface area contributed by atoms with Gasteiger partial charge in [-0.1, -0.05) is 78.5 Å². The second kappa shape index (κ2) is 9.11. The summed E-state index contributed by atoms with van der Waals surface area (Å²) in [5, 5.41) is 14.5. The average molecular weight is 441 g/mol. The van der Waals surface area contributed by atoms with Crippen molar-refractivity contribution in [1.82, 2.24) is 14.8 Å². The zero-order valence-electron chi connectivity index (χ0n) is 17.1. The van der Waals surface area contributed by atoms with Gasteiger partial charge in [0.25, 0.3) is 0 Å². The second-order valence-electron chi connectivity index (χ2n) is 7.20. The van der Waals surface area contributed by atoms with E-state index in [9.17, 15) is 4.79 Å². The Hall–Kier alpha value is -3.84. The fraction of sp³-hybridized carbons (Fsp3) is 0.0800. The zero-order chi connectivity index (χ0) is 21.8. The third kappa shape index (κ3) is 4.29. The standard InChI is InChI=1S/C25H20N4O2S/c30-23(26-22-14-6-11-18-8-4-5-13-21(18)22)17-32-25-28-27-24(19-9-2-1-3-10-19)29(25)16-20-12-7-15-31-20/h1-15H,16-17H2,(H,26,30). The number of fused-ring (bicyclic) bond motifs is 1. The summed E-state index contributed by atoms with van der Waals surface area (Å²) in [4.78, 5) is 12.7. The molecule has 0 aliphatic carbocycles. The molecule has 0 bridgehead atoms. The first-order valence-corrected chi connectivity index (χ1v) is 11.2. The fourth-order valence-electron chi connectivity index (χ4n) is 3.55. The van der Waals surface area contributed by atoms with Gasteiger partial charge in [-0.3, -0.25) is 9.36 Å². The monoisotopic (exact) mass is 440 g/mol. The summed E-state index contributed by atoms with van der Waals surface area (Å²) in [6, 6.07) is 27.5. The summed E-state index contributed by atoms with van der Waals surface area (Å²) in [5.41, 5.74) is 1.76. The second-order valence-corrected chi connectivity index (χ2v) is 8.14. The van der Waals surface area contributed by atoms with Crippen molar-refractivity contribution in [3.8, 4) is 11.4 Å². The number of nitrogens with zero attached hydrogens (tertiary/aromatic N) is 3. The van der Waals surface area contributed by atoms with Crippen LogP contribution in [0.2, 0.25) is 0 Å². The number of benzene rings is 3. The number of aromatic nitrogens is 3. The summed E-state index contributed by atoms with van der Waals surface area (Å²) in [6.07, 6.45) is 1.65. The molecule has 0 atom stereocenters. The Morgan fingerprint density at radius 3 is 2.56 bits per heavy atom. The lowest BCUT2D eigenvalue weighted by atomic mass is 10.1. The number of amides is 1. The maximum atomic E-state index is 12.7. The quantitative estimate of drug-likeness (QED) is 0.340. The number of furan rings is 1. The minimum Gasteiger partial charge on any atom is -0.467 e. The van der Waals surface area contributed by atoms with Crippen molar-refractivity contribution in [2.24, 2.45) is 0 Å². The number of hydrogen-bond donors (Lipinski definition) is 1. The SMILES string of the molecule is O=C(CSc1nnc(-c2ccccc2)n1Cc1ccco1)Nc1cccc2ccccc12. The van der Waals surface area contributed by atoms with E-state index in [1.807, 2.05) is 89.5 Å². The van der Waals surface area contributed by atoms with Crippen molar-refractivity contribution in [3.63, 3.8) is 0 Å². The van der Waals surface area contributed by atoms with Gasteiger partial charge in [-0.25, -0.2) is 0 Å². The maximum absolute atomic E-state index is 12.7. The molecule has 2 heterocycles. The number of thioether (sulfide) groups is 1. The summed E-state index contributed by atoms with van der Waals surface area (Å²) in [6.45, 7) is 0.484. The van der Waals surface area contributed by atoms with Gasteiger partial charge in [-0.05, 0) is 23.6 Å². The maximum Gasteiger partial charge on any atom is 0.234 e. The first-order chi connectivity index (χ1) is 15.8. The molecule has 0 unspecified atom stereocenters. The normalized spacial score (nSPS) is 11.0. The predicted molar refractivity (Wildman–Crippen MR) is 127 cm³/mol. The first kappa shape index (κ1) is 20.1. The molecule has 2 aromatic heterocycles. The van der Waals surface area contributed by atoms with Gasteiger partial charge in [0.2, 0.25) is 5.91 Å². The van der Waals surface area contributed by atoms with Gasteiger partial charge in [0.1, 0.15) is 5.76 Å². The number of carbonyl (C=O) groups is 1. The van der Waals surface area contributed by atoms with Gasteiger partial charge < -0.3 is 9.73 Å². The molecule has 7 heteroatoms. The summed E-state index contributed by atoms with van der Waals surface area (Å²) >= 11 is 1.35. The molecule has 5 rings (SSSR count). The van der Waals surface area contributed by atoms with E-state index < -0.39 is 0 Å². The van der Waals surface area contributed by atoms with E-state index >= 15 is 0 Å². The highest BCUT2D eigenvalue weighted by Gasteiger charge is 2.17. The molecule has 0 aliphatic rings. The van der Waals surface area contributed by atoms with Crippen LogP contribution in [-0.2, 0) is 11.3 Å². The third-order valence-electron chi connectivity index (χ3n) is 5.04. The molecule has 0 fully saturated rings. The van der Waals surface area contributed by atoms with Crippen LogP contribution in [0.4, 0.5) is 5.69 Å². The summed E-state index contributed by atoms with van der Waals surface area (Å²) < 4.78 is 7.51. The molecule has 1 amide bonds. The lowest BCUT2D eigenvalue weighted by molar-refractivity contribution is -0.113. The molecular formula is C25H20N4O2S.